The molecule has 1 atom stereocenters. The van der Waals surface area contributed by atoms with Crippen molar-refractivity contribution in [3.8, 4) is 0 Å². The van der Waals surface area contributed by atoms with Crippen LogP contribution in [0.3, 0.4) is 0 Å². The van der Waals surface area contributed by atoms with E-state index < -0.39 is 0 Å². The number of benzene rings is 1. The first-order valence-electron chi connectivity index (χ1n) is 8.16. The first-order valence-corrected chi connectivity index (χ1v) is 8.16. The zero-order valence-electron chi connectivity index (χ0n) is 14.0. The molecule has 0 fully saturated rings. The number of hydrogen-bond acceptors (Lipinski definition) is 2. The van der Waals surface area contributed by atoms with Crippen molar-refractivity contribution >= 4 is 6.03 Å². The van der Waals surface area contributed by atoms with Crippen molar-refractivity contribution in [3.05, 3.63) is 52.3 Å². The first-order chi connectivity index (χ1) is 11.0. The predicted molar refractivity (Wildman–Crippen MR) is 90.3 cm³/mol. The summed E-state index contributed by atoms with van der Waals surface area (Å²) in [4.78, 5) is 14.4. The lowest BCUT2D eigenvalue weighted by atomic mass is 9.95. The molecule has 0 spiro atoms. The molecule has 0 radical (unpaired) electrons. The van der Waals surface area contributed by atoms with E-state index in [1.54, 1.807) is 0 Å². The molecule has 1 aromatic carbocycles. The smallest absolute Gasteiger partial charge is 0.317 e. The Morgan fingerprint density at radius 1 is 1.43 bits per heavy atom. The number of aromatic amines is 1. The molecule has 0 aliphatic carbocycles. The Balaban J connectivity index is 1.58. The minimum Gasteiger partial charge on any atom is -0.335 e. The van der Waals surface area contributed by atoms with Crippen LogP contribution in [0.2, 0.25) is 0 Å². The molecule has 1 unspecified atom stereocenters. The van der Waals surface area contributed by atoms with E-state index in [1.807, 2.05) is 24.8 Å². The van der Waals surface area contributed by atoms with E-state index >= 15 is 0 Å². The van der Waals surface area contributed by atoms with Gasteiger partial charge in [0.15, 0.2) is 0 Å². The lowest BCUT2D eigenvalue weighted by Crippen LogP contribution is -2.46. The van der Waals surface area contributed by atoms with Crippen LogP contribution in [-0.2, 0) is 19.4 Å². The van der Waals surface area contributed by atoms with Crippen molar-refractivity contribution in [1.29, 1.82) is 0 Å². The van der Waals surface area contributed by atoms with Gasteiger partial charge >= 0.3 is 6.03 Å². The van der Waals surface area contributed by atoms with E-state index in [0.29, 0.717) is 6.54 Å². The summed E-state index contributed by atoms with van der Waals surface area (Å²) in [5.41, 5.74) is 6.01. The minimum absolute atomic E-state index is 0.0110. The Kier molecular flexibility index (Phi) is 4.37. The molecule has 5 nitrogen and oxygen atoms in total. The number of carbonyl (C=O) groups is 1. The van der Waals surface area contributed by atoms with Crippen LogP contribution in [0, 0.1) is 13.8 Å². The summed E-state index contributed by atoms with van der Waals surface area (Å²) in [5.74, 6) is 0. The lowest BCUT2D eigenvalue weighted by Gasteiger charge is -2.31. The highest BCUT2D eigenvalue weighted by Gasteiger charge is 2.22. The third-order valence-electron chi connectivity index (χ3n) is 4.43. The molecule has 2 amide bonds. The molecule has 3 rings (SSSR count). The largest absolute Gasteiger partial charge is 0.335 e. The van der Waals surface area contributed by atoms with Crippen LogP contribution in [0.25, 0.3) is 0 Å². The molecule has 23 heavy (non-hydrogen) atoms. The second kappa shape index (κ2) is 6.44. The number of carbonyl (C=O) groups excluding carboxylic acids is 1. The number of hydrogen-bond donors (Lipinski definition) is 2. The standard InChI is InChI=1S/C18H24N4O/c1-12-5-4-6-15-11-22(8-7-17(12)15)18(23)19-13(2)9-16-10-14(3)20-21-16/h4-6,10,13H,7-9,11H2,1-3H3,(H,19,23)(H,20,21). The summed E-state index contributed by atoms with van der Waals surface area (Å²) in [6.45, 7) is 7.61. The maximum Gasteiger partial charge on any atom is 0.317 e. The zero-order valence-corrected chi connectivity index (χ0v) is 14.0. The molecular formula is C18H24N4O. The Morgan fingerprint density at radius 3 is 3.00 bits per heavy atom. The SMILES string of the molecule is Cc1cc(CC(C)NC(=O)N2CCc3c(C)cccc3C2)n[nH]1. The van der Waals surface area contributed by atoms with Crippen LogP contribution >= 0.6 is 0 Å². The van der Waals surface area contributed by atoms with Crippen molar-refractivity contribution in [2.75, 3.05) is 6.54 Å². The number of nitrogens with zero attached hydrogens (tertiary/aromatic N) is 2. The van der Waals surface area contributed by atoms with Crippen molar-refractivity contribution < 1.29 is 4.79 Å². The summed E-state index contributed by atoms with van der Waals surface area (Å²) in [6, 6.07) is 8.42. The van der Waals surface area contributed by atoms with Gasteiger partial charge in [0.2, 0.25) is 0 Å². The van der Waals surface area contributed by atoms with Gasteiger partial charge in [0.25, 0.3) is 0 Å². The average Bonchev–Trinajstić information content (AvgIpc) is 2.92. The van der Waals surface area contributed by atoms with Gasteiger partial charge in [-0.25, -0.2) is 4.79 Å². The van der Waals surface area contributed by atoms with Gasteiger partial charge in [-0.1, -0.05) is 18.2 Å². The van der Waals surface area contributed by atoms with E-state index in [2.05, 4.69) is 40.6 Å². The Labute approximate surface area is 137 Å². The predicted octanol–water partition coefficient (Wildman–Crippen LogP) is 2.73. The van der Waals surface area contributed by atoms with Crippen molar-refractivity contribution in [3.63, 3.8) is 0 Å². The summed E-state index contributed by atoms with van der Waals surface area (Å²) in [6.07, 6.45) is 1.67. The van der Waals surface area contributed by atoms with Gasteiger partial charge in [-0.3, -0.25) is 5.10 Å². The van der Waals surface area contributed by atoms with Gasteiger partial charge in [0.1, 0.15) is 0 Å². The maximum absolute atomic E-state index is 12.5. The summed E-state index contributed by atoms with van der Waals surface area (Å²) in [5, 5.41) is 10.2. The van der Waals surface area contributed by atoms with Crippen LogP contribution < -0.4 is 5.32 Å². The number of fused-ring (bicyclic) bond motifs is 1. The Morgan fingerprint density at radius 2 is 2.26 bits per heavy atom. The monoisotopic (exact) mass is 312 g/mol. The Hall–Kier alpha value is -2.30. The number of amides is 2. The van der Waals surface area contributed by atoms with Gasteiger partial charge in [-0.2, -0.15) is 5.10 Å². The molecule has 2 N–H and O–H groups in total. The summed E-state index contributed by atoms with van der Waals surface area (Å²) in [7, 11) is 0. The summed E-state index contributed by atoms with van der Waals surface area (Å²) >= 11 is 0. The van der Waals surface area contributed by atoms with Crippen LogP contribution in [0.4, 0.5) is 4.79 Å². The van der Waals surface area contributed by atoms with Gasteiger partial charge < -0.3 is 10.2 Å². The topological polar surface area (TPSA) is 61.0 Å². The van der Waals surface area contributed by atoms with Crippen LogP contribution in [-0.4, -0.2) is 33.7 Å². The average molecular weight is 312 g/mol. The van der Waals surface area contributed by atoms with E-state index in [-0.39, 0.29) is 12.1 Å². The number of aryl methyl sites for hydroxylation is 2. The van der Waals surface area contributed by atoms with E-state index in [9.17, 15) is 4.79 Å². The molecule has 1 aromatic heterocycles. The van der Waals surface area contributed by atoms with Crippen molar-refractivity contribution in [2.45, 2.75) is 46.2 Å². The van der Waals surface area contributed by atoms with Gasteiger partial charge in [0, 0.05) is 31.2 Å². The second-order valence-electron chi connectivity index (χ2n) is 6.48. The third kappa shape index (κ3) is 3.55. The normalized spacial score (nSPS) is 15.2. The molecule has 0 bridgehead atoms. The molecule has 2 heterocycles. The number of urea groups is 1. The van der Waals surface area contributed by atoms with E-state index in [1.165, 1.54) is 16.7 Å². The van der Waals surface area contributed by atoms with Gasteiger partial charge in [-0.05, 0) is 49.9 Å². The number of nitrogens with one attached hydrogen (secondary N) is 2. The maximum atomic E-state index is 12.5. The van der Waals surface area contributed by atoms with Crippen molar-refractivity contribution in [2.24, 2.45) is 0 Å². The second-order valence-corrected chi connectivity index (χ2v) is 6.48. The molecular weight excluding hydrogens is 288 g/mol. The lowest BCUT2D eigenvalue weighted by molar-refractivity contribution is 0.189. The van der Waals surface area contributed by atoms with Crippen molar-refractivity contribution in [1.82, 2.24) is 20.4 Å². The molecule has 5 heteroatoms. The third-order valence-corrected chi connectivity index (χ3v) is 4.43. The highest BCUT2D eigenvalue weighted by molar-refractivity contribution is 5.75. The fourth-order valence-electron chi connectivity index (χ4n) is 3.22. The Bertz CT molecular complexity index is 707. The molecule has 0 saturated carbocycles. The summed E-state index contributed by atoms with van der Waals surface area (Å²) < 4.78 is 0. The fourth-order valence-corrected chi connectivity index (χ4v) is 3.22. The van der Waals surface area contributed by atoms with Crippen LogP contribution in [0.1, 0.15) is 35.0 Å². The van der Waals surface area contributed by atoms with Crippen LogP contribution in [0.5, 0.6) is 0 Å². The highest BCUT2D eigenvalue weighted by Crippen LogP contribution is 2.22. The first kappa shape index (κ1) is 15.6. The van der Waals surface area contributed by atoms with E-state index in [0.717, 1.165) is 30.8 Å². The van der Waals surface area contributed by atoms with Gasteiger partial charge in [0.05, 0.1) is 5.69 Å². The molecule has 1 aliphatic heterocycles. The minimum atomic E-state index is 0.0110. The van der Waals surface area contributed by atoms with E-state index in [4.69, 9.17) is 0 Å². The fraction of sp³-hybridized carbons (Fsp3) is 0.444. The quantitative estimate of drug-likeness (QED) is 0.915. The van der Waals surface area contributed by atoms with Crippen LogP contribution in [0.15, 0.2) is 24.3 Å². The zero-order chi connectivity index (χ0) is 16.4. The highest BCUT2D eigenvalue weighted by atomic mass is 16.2. The van der Waals surface area contributed by atoms with Gasteiger partial charge in [-0.15, -0.1) is 0 Å². The number of aromatic nitrogens is 2. The molecule has 2 aromatic rings. The molecule has 1 aliphatic rings. The molecule has 0 saturated heterocycles. The molecule has 122 valence electrons. The number of rotatable bonds is 3. The number of H-pyrrole nitrogens is 1.